The molecule has 0 aromatic rings. The van der Waals surface area contributed by atoms with E-state index in [9.17, 15) is 5.26 Å². The number of nitriles is 1. The molecule has 2 N–H and O–H groups in total. The van der Waals surface area contributed by atoms with E-state index < -0.39 is 5.54 Å². The fourth-order valence-corrected chi connectivity index (χ4v) is 2.90. The van der Waals surface area contributed by atoms with Crippen molar-refractivity contribution in [3.05, 3.63) is 0 Å². The highest BCUT2D eigenvalue weighted by molar-refractivity contribution is 5.15. The molecule has 2 aliphatic rings. The van der Waals surface area contributed by atoms with Crippen LogP contribution in [-0.2, 0) is 0 Å². The van der Waals surface area contributed by atoms with Crippen LogP contribution in [0.25, 0.3) is 0 Å². The lowest BCUT2D eigenvalue weighted by molar-refractivity contribution is 0.0996. The molecular formula is C13H23N3. The molecule has 1 aliphatic carbocycles. The molecule has 0 aromatic carbocycles. The fourth-order valence-electron chi connectivity index (χ4n) is 2.90. The Morgan fingerprint density at radius 3 is 2.69 bits per heavy atom. The van der Waals surface area contributed by atoms with Crippen LogP contribution in [0.2, 0.25) is 0 Å². The third kappa shape index (κ3) is 2.56. The molecule has 3 heteroatoms. The summed E-state index contributed by atoms with van der Waals surface area (Å²) in [5.74, 6) is 0.447. The van der Waals surface area contributed by atoms with Crippen molar-refractivity contribution in [1.82, 2.24) is 4.90 Å². The molecule has 2 fully saturated rings. The van der Waals surface area contributed by atoms with Gasteiger partial charge in [-0.15, -0.1) is 0 Å². The van der Waals surface area contributed by atoms with Gasteiger partial charge in [-0.05, 0) is 43.6 Å². The zero-order valence-electron chi connectivity index (χ0n) is 10.5. The summed E-state index contributed by atoms with van der Waals surface area (Å²) >= 11 is 0. The number of hydrogen-bond acceptors (Lipinski definition) is 3. The molecule has 1 atom stereocenters. The van der Waals surface area contributed by atoms with E-state index in [0.717, 1.165) is 32.5 Å². The predicted molar refractivity (Wildman–Crippen MR) is 64.7 cm³/mol. The zero-order valence-corrected chi connectivity index (χ0v) is 10.5. The molecule has 90 valence electrons. The summed E-state index contributed by atoms with van der Waals surface area (Å²) in [5.41, 5.74) is 6.02. The fraction of sp³-hybridized carbons (Fsp3) is 0.923. The Bertz CT molecular complexity index is 301. The first-order valence-corrected chi connectivity index (χ1v) is 6.38. The van der Waals surface area contributed by atoms with Crippen LogP contribution in [0, 0.1) is 22.7 Å². The monoisotopic (exact) mass is 221 g/mol. The number of nitrogens with zero attached hydrogens (tertiary/aromatic N) is 2. The van der Waals surface area contributed by atoms with Crippen LogP contribution in [0.1, 0.15) is 39.5 Å². The summed E-state index contributed by atoms with van der Waals surface area (Å²) in [4.78, 5) is 2.39. The maximum absolute atomic E-state index is 9.25. The Labute approximate surface area is 98.6 Å². The minimum absolute atomic E-state index is 0.387. The van der Waals surface area contributed by atoms with Gasteiger partial charge in [0.05, 0.1) is 6.07 Å². The van der Waals surface area contributed by atoms with E-state index in [-0.39, 0.29) is 0 Å². The van der Waals surface area contributed by atoms with Crippen molar-refractivity contribution in [2.24, 2.45) is 17.1 Å². The van der Waals surface area contributed by atoms with E-state index in [2.05, 4.69) is 24.8 Å². The number of rotatable bonds is 3. The third-order valence-corrected chi connectivity index (χ3v) is 3.98. The summed E-state index contributed by atoms with van der Waals surface area (Å²) in [6.45, 7) is 7.57. The van der Waals surface area contributed by atoms with Crippen LogP contribution in [-0.4, -0.2) is 30.1 Å². The number of nitrogens with two attached hydrogens (primary N) is 1. The van der Waals surface area contributed by atoms with Crippen molar-refractivity contribution >= 4 is 0 Å². The molecule has 0 amide bonds. The molecule has 1 unspecified atom stereocenters. The molecule has 0 spiro atoms. The minimum Gasteiger partial charge on any atom is -0.312 e. The van der Waals surface area contributed by atoms with Crippen molar-refractivity contribution in [3.8, 4) is 6.07 Å². The Morgan fingerprint density at radius 2 is 2.19 bits per heavy atom. The normalized spacial score (nSPS) is 29.4. The number of hydrogen-bond donors (Lipinski definition) is 1. The Kier molecular flexibility index (Phi) is 2.98. The minimum atomic E-state index is -0.590. The molecule has 1 heterocycles. The van der Waals surface area contributed by atoms with Crippen LogP contribution in [0.15, 0.2) is 0 Å². The summed E-state index contributed by atoms with van der Waals surface area (Å²) in [5, 5.41) is 9.25. The molecule has 1 saturated carbocycles. The average Bonchev–Trinajstić information content (AvgIpc) is 2.99. The second-order valence-corrected chi connectivity index (χ2v) is 6.40. The van der Waals surface area contributed by atoms with Gasteiger partial charge in [0, 0.05) is 13.1 Å². The van der Waals surface area contributed by atoms with Crippen molar-refractivity contribution in [2.75, 3.05) is 19.6 Å². The summed E-state index contributed by atoms with van der Waals surface area (Å²) < 4.78 is 0. The topological polar surface area (TPSA) is 53.0 Å². The molecule has 0 radical (unpaired) electrons. The predicted octanol–water partition coefficient (Wildman–Crippen LogP) is 1.74. The molecule has 1 aliphatic heterocycles. The number of likely N-dealkylation sites (tertiary alicyclic amines) is 1. The third-order valence-electron chi connectivity index (χ3n) is 3.98. The largest absolute Gasteiger partial charge is 0.312 e. The summed E-state index contributed by atoms with van der Waals surface area (Å²) in [7, 11) is 0. The SMILES string of the molecule is CC1(C)CCCN(CC(N)(C#N)C2CC2)C1. The van der Waals surface area contributed by atoms with Crippen LogP contribution in [0.4, 0.5) is 0 Å². The molecule has 0 aromatic heterocycles. The zero-order chi connectivity index (χ0) is 11.8. The van der Waals surface area contributed by atoms with Gasteiger partial charge in [-0.25, -0.2) is 0 Å². The molecule has 0 bridgehead atoms. The van der Waals surface area contributed by atoms with Gasteiger partial charge in [0.2, 0.25) is 0 Å². The van der Waals surface area contributed by atoms with E-state index in [1.54, 1.807) is 0 Å². The van der Waals surface area contributed by atoms with Gasteiger partial charge in [0.25, 0.3) is 0 Å². The van der Waals surface area contributed by atoms with Crippen molar-refractivity contribution in [2.45, 2.75) is 45.1 Å². The summed E-state index contributed by atoms with van der Waals surface area (Å²) in [6.07, 6.45) is 4.80. The van der Waals surface area contributed by atoms with Gasteiger partial charge in [-0.2, -0.15) is 5.26 Å². The lowest BCUT2D eigenvalue weighted by atomic mass is 9.83. The van der Waals surface area contributed by atoms with E-state index >= 15 is 0 Å². The van der Waals surface area contributed by atoms with Gasteiger partial charge >= 0.3 is 0 Å². The van der Waals surface area contributed by atoms with E-state index in [1.165, 1.54) is 12.8 Å². The Balaban J connectivity index is 1.96. The van der Waals surface area contributed by atoms with Crippen molar-refractivity contribution in [3.63, 3.8) is 0 Å². The molecule has 16 heavy (non-hydrogen) atoms. The van der Waals surface area contributed by atoms with Crippen LogP contribution >= 0.6 is 0 Å². The van der Waals surface area contributed by atoms with E-state index in [0.29, 0.717) is 11.3 Å². The quantitative estimate of drug-likeness (QED) is 0.789. The molecular weight excluding hydrogens is 198 g/mol. The molecule has 1 saturated heterocycles. The van der Waals surface area contributed by atoms with Gasteiger partial charge in [-0.3, -0.25) is 4.90 Å². The second kappa shape index (κ2) is 4.01. The standard InChI is InChI=1S/C13H23N3/c1-12(2)6-3-7-16(9-12)10-13(15,8-14)11-4-5-11/h11H,3-7,9-10,15H2,1-2H3. The average molecular weight is 221 g/mol. The highest BCUT2D eigenvalue weighted by atomic mass is 15.2. The maximum Gasteiger partial charge on any atom is 0.119 e. The van der Waals surface area contributed by atoms with E-state index in [4.69, 9.17) is 5.73 Å². The first-order chi connectivity index (χ1) is 7.45. The highest BCUT2D eigenvalue weighted by Gasteiger charge is 2.44. The van der Waals surface area contributed by atoms with Crippen LogP contribution < -0.4 is 5.73 Å². The van der Waals surface area contributed by atoms with Crippen molar-refractivity contribution in [1.29, 1.82) is 5.26 Å². The lowest BCUT2D eigenvalue weighted by Crippen LogP contribution is -2.54. The summed E-state index contributed by atoms with van der Waals surface area (Å²) in [6, 6.07) is 2.35. The first-order valence-electron chi connectivity index (χ1n) is 6.38. The van der Waals surface area contributed by atoms with Crippen molar-refractivity contribution < 1.29 is 0 Å². The maximum atomic E-state index is 9.25. The highest BCUT2D eigenvalue weighted by Crippen LogP contribution is 2.39. The van der Waals surface area contributed by atoms with Gasteiger partial charge in [0.15, 0.2) is 0 Å². The van der Waals surface area contributed by atoms with Gasteiger partial charge in [-0.1, -0.05) is 13.8 Å². The lowest BCUT2D eigenvalue weighted by Gasteiger charge is -2.40. The molecule has 3 nitrogen and oxygen atoms in total. The van der Waals surface area contributed by atoms with Gasteiger partial charge < -0.3 is 5.73 Å². The van der Waals surface area contributed by atoms with Crippen LogP contribution in [0.5, 0.6) is 0 Å². The first kappa shape index (κ1) is 11.9. The number of piperidine rings is 1. The smallest absolute Gasteiger partial charge is 0.119 e. The Hall–Kier alpha value is -0.590. The van der Waals surface area contributed by atoms with Crippen LogP contribution in [0.3, 0.4) is 0 Å². The van der Waals surface area contributed by atoms with Gasteiger partial charge in [0.1, 0.15) is 5.54 Å². The second-order valence-electron chi connectivity index (χ2n) is 6.40. The Morgan fingerprint density at radius 1 is 1.50 bits per heavy atom. The van der Waals surface area contributed by atoms with E-state index in [1.807, 2.05) is 0 Å². The molecule has 2 rings (SSSR count).